The number of amides is 1. The van der Waals surface area contributed by atoms with Crippen LogP contribution >= 0.6 is 0 Å². The van der Waals surface area contributed by atoms with Crippen molar-refractivity contribution in [1.82, 2.24) is 15.0 Å². The summed E-state index contributed by atoms with van der Waals surface area (Å²) in [5.41, 5.74) is 1.74. The third-order valence-corrected chi connectivity index (χ3v) is 4.58. The first-order valence-corrected chi connectivity index (χ1v) is 9.39. The number of carbonyl (C=O) groups excluding carboxylic acids is 1. The molecule has 0 saturated heterocycles. The molecule has 29 heavy (non-hydrogen) atoms. The average molecular weight is 395 g/mol. The maximum Gasteiger partial charge on any atom is 0.246 e. The molecule has 0 atom stereocenters. The Morgan fingerprint density at radius 1 is 1.00 bits per heavy atom. The minimum absolute atomic E-state index is 0.00270. The van der Waals surface area contributed by atoms with E-state index in [1.165, 1.54) is 0 Å². The highest BCUT2D eigenvalue weighted by Gasteiger charge is 2.21. The highest BCUT2D eigenvalue weighted by molar-refractivity contribution is 5.79. The maximum atomic E-state index is 12.9. The molecule has 0 aliphatic rings. The fourth-order valence-electron chi connectivity index (χ4n) is 2.90. The van der Waals surface area contributed by atoms with Crippen LogP contribution in [0.15, 0.2) is 53.1 Å². The fourth-order valence-corrected chi connectivity index (χ4v) is 2.90. The van der Waals surface area contributed by atoms with E-state index >= 15 is 0 Å². The molecule has 0 aliphatic carbocycles. The highest BCUT2D eigenvalue weighted by Crippen LogP contribution is 2.21. The maximum absolute atomic E-state index is 12.9. The molecule has 152 valence electrons. The molecule has 0 radical (unpaired) electrons. The van der Waals surface area contributed by atoms with Gasteiger partial charge in [-0.2, -0.15) is 4.98 Å². The molecular formula is C22H25N3O4. The van der Waals surface area contributed by atoms with Crippen molar-refractivity contribution in [2.75, 3.05) is 14.2 Å². The van der Waals surface area contributed by atoms with Crippen molar-refractivity contribution in [2.24, 2.45) is 0 Å². The smallest absolute Gasteiger partial charge is 0.246 e. The van der Waals surface area contributed by atoms with E-state index in [1.54, 1.807) is 19.1 Å². The Hall–Kier alpha value is -3.35. The van der Waals surface area contributed by atoms with Crippen molar-refractivity contribution in [3.63, 3.8) is 0 Å². The molecule has 3 aromatic rings. The van der Waals surface area contributed by atoms with Gasteiger partial charge in [-0.1, -0.05) is 17.3 Å². The Morgan fingerprint density at radius 3 is 2.14 bits per heavy atom. The molecule has 0 aliphatic heterocycles. The fraction of sp³-hybridized carbons (Fsp3) is 0.318. The van der Waals surface area contributed by atoms with E-state index in [4.69, 9.17) is 14.0 Å². The summed E-state index contributed by atoms with van der Waals surface area (Å²) in [5.74, 6) is 2.39. The van der Waals surface area contributed by atoms with E-state index < -0.39 is 0 Å². The van der Waals surface area contributed by atoms with E-state index in [0.717, 1.165) is 22.6 Å². The number of methoxy groups -OCH3 is 2. The highest BCUT2D eigenvalue weighted by atomic mass is 16.5. The van der Waals surface area contributed by atoms with Crippen LogP contribution in [-0.4, -0.2) is 41.2 Å². The second-order valence-corrected chi connectivity index (χ2v) is 6.88. The van der Waals surface area contributed by atoms with Gasteiger partial charge >= 0.3 is 0 Å². The van der Waals surface area contributed by atoms with Crippen molar-refractivity contribution in [2.45, 2.75) is 32.9 Å². The van der Waals surface area contributed by atoms with Crippen molar-refractivity contribution in [1.29, 1.82) is 0 Å². The molecule has 1 heterocycles. The van der Waals surface area contributed by atoms with E-state index in [1.807, 2.05) is 62.4 Å². The summed E-state index contributed by atoms with van der Waals surface area (Å²) < 4.78 is 15.7. The molecule has 1 amide bonds. The van der Waals surface area contributed by atoms with Crippen LogP contribution in [0.4, 0.5) is 0 Å². The molecule has 3 rings (SSSR count). The minimum atomic E-state index is -0.00522. The van der Waals surface area contributed by atoms with Gasteiger partial charge in [0.2, 0.25) is 17.6 Å². The monoisotopic (exact) mass is 395 g/mol. The predicted molar refractivity (Wildman–Crippen MR) is 109 cm³/mol. The lowest BCUT2D eigenvalue weighted by atomic mass is 10.1. The van der Waals surface area contributed by atoms with Crippen LogP contribution in [0.25, 0.3) is 11.4 Å². The zero-order chi connectivity index (χ0) is 20.8. The van der Waals surface area contributed by atoms with E-state index in [0.29, 0.717) is 18.1 Å². The Bertz CT molecular complexity index is 933. The van der Waals surface area contributed by atoms with Crippen molar-refractivity contribution in [3.05, 3.63) is 60.0 Å². The van der Waals surface area contributed by atoms with Crippen LogP contribution in [0.5, 0.6) is 11.5 Å². The SMILES string of the molecule is COc1ccc(CC(=O)N(Cc2nc(-c3ccc(OC)cc3)no2)C(C)C)cc1. The van der Waals surface area contributed by atoms with Crippen LogP contribution in [0.2, 0.25) is 0 Å². The summed E-state index contributed by atoms with van der Waals surface area (Å²) in [4.78, 5) is 19.0. The van der Waals surface area contributed by atoms with E-state index in [-0.39, 0.29) is 18.5 Å². The lowest BCUT2D eigenvalue weighted by Gasteiger charge is -2.25. The van der Waals surface area contributed by atoms with Crippen molar-refractivity contribution >= 4 is 5.91 Å². The second-order valence-electron chi connectivity index (χ2n) is 6.88. The van der Waals surface area contributed by atoms with Crippen molar-refractivity contribution < 1.29 is 18.8 Å². The van der Waals surface area contributed by atoms with Gasteiger partial charge in [0, 0.05) is 11.6 Å². The number of hydrogen-bond acceptors (Lipinski definition) is 6. The standard InChI is InChI=1S/C22H25N3O4/c1-15(2)25(21(26)13-16-5-9-18(27-3)10-6-16)14-20-23-22(24-29-20)17-7-11-19(28-4)12-8-17/h5-12,15H,13-14H2,1-4H3. The first-order valence-electron chi connectivity index (χ1n) is 9.39. The van der Waals surface area contributed by atoms with Crippen LogP contribution in [0, 0.1) is 0 Å². The number of carbonyl (C=O) groups is 1. The molecule has 1 aromatic heterocycles. The normalized spacial score (nSPS) is 10.8. The molecule has 7 heteroatoms. The third-order valence-electron chi connectivity index (χ3n) is 4.58. The average Bonchev–Trinajstić information content (AvgIpc) is 3.21. The van der Waals surface area contributed by atoms with Gasteiger partial charge in [0.15, 0.2) is 0 Å². The first kappa shape index (κ1) is 20.4. The number of nitrogens with zero attached hydrogens (tertiary/aromatic N) is 3. The summed E-state index contributed by atoms with van der Waals surface area (Å²) in [6, 6.07) is 14.9. The summed E-state index contributed by atoms with van der Waals surface area (Å²) in [5, 5.41) is 4.04. The molecule has 0 spiro atoms. The first-order chi connectivity index (χ1) is 14.0. The van der Waals surface area contributed by atoms with E-state index in [2.05, 4.69) is 10.1 Å². The van der Waals surface area contributed by atoms with Gasteiger partial charge in [-0.25, -0.2) is 0 Å². The van der Waals surface area contributed by atoms with E-state index in [9.17, 15) is 4.79 Å². The Morgan fingerprint density at radius 2 is 1.59 bits per heavy atom. The number of benzene rings is 2. The summed E-state index contributed by atoms with van der Waals surface area (Å²) in [6.07, 6.45) is 0.293. The molecule has 7 nitrogen and oxygen atoms in total. The summed E-state index contributed by atoms with van der Waals surface area (Å²) in [6.45, 7) is 4.19. The van der Waals surface area contributed by atoms with Crippen LogP contribution in [0.1, 0.15) is 25.3 Å². The van der Waals surface area contributed by atoms with Gasteiger partial charge in [-0.3, -0.25) is 4.79 Å². The molecule has 2 aromatic carbocycles. The Balaban J connectivity index is 1.69. The predicted octanol–water partition coefficient (Wildman–Crippen LogP) is 3.73. The van der Waals surface area contributed by atoms with Gasteiger partial charge in [-0.05, 0) is 55.8 Å². The molecule has 0 N–H and O–H groups in total. The van der Waals surface area contributed by atoms with Gasteiger partial charge in [-0.15, -0.1) is 0 Å². The van der Waals surface area contributed by atoms with Crippen molar-refractivity contribution in [3.8, 4) is 22.9 Å². The number of ether oxygens (including phenoxy) is 2. The summed E-state index contributed by atoms with van der Waals surface area (Å²) >= 11 is 0. The molecule has 0 saturated carbocycles. The minimum Gasteiger partial charge on any atom is -0.497 e. The topological polar surface area (TPSA) is 77.7 Å². The summed E-state index contributed by atoms with van der Waals surface area (Å²) in [7, 11) is 3.23. The van der Waals surface area contributed by atoms with Gasteiger partial charge in [0.25, 0.3) is 0 Å². The zero-order valence-corrected chi connectivity index (χ0v) is 17.1. The largest absolute Gasteiger partial charge is 0.497 e. The van der Waals surface area contributed by atoms with Crippen LogP contribution in [-0.2, 0) is 17.8 Å². The second kappa shape index (κ2) is 9.23. The molecular weight excluding hydrogens is 370 g/mol. The number of aromatic nitrogens is 2. The number of hydrogen-bond donors (Lipinski definition) is 0. The van der Waals surface area contributed by atoms with Gasteiger partial charge < -0.3 is 18.9 Å². The number of rotatable bonds is 8. The quantitative estimate of drug-likeness (QED) is 0.578. The Labute approximate surface area is 170 Å². The lowest BCUT2D eigenvalue weighted by molar-refractivity contribution is -0.133. The molecule has 0 fully saturated rings. The zero-order valence-electron chi connectivity index (χ0n) is 17.1. The van der Waals surface area contributed by atoms with Crippen LogP contribution < -0.4 is 9.47 Å². The Kier molecular flexibility index (Phi) is 6.49. The molecule has 0 unspecified atom stereocenters. The lowest BCUT2D eigenvalue weighted by Crippen LogP contribution is -2.37. The van der Waals surface area contributed by atoms with Gasteiger partial charge in [0.05, 0.1) is 20.6 Å². The third kappa shape index (κ3) is 5.13. The molecule has 0 bridgehead atoms. The van der Waals surface area contributed by atoms with Crippen LogP contribution in [0.3, 0.4) is 0 Å². The van der Waals surface area contributed by atoms with Gasteiger partial charge in [0.1, 0.15) is 18.0 Å².